The van der Waals surface area contributed by atoms with Crippen LogP contribution in [0.2, 0.25) is 0 Å². The van der Waals surface area contributed by atoms with E-state index >= 15 is 0 Å². The lowest BCUT2D eigenvalue weighted by molar-refractivity contribution is 0.858. The van der Waals surface area contributed by atoms with Crippen LogP contribution in [0.4, 0.5) is 5.69 Å². The number of nitrogens with zero attached hydrogens (tertiary/aromatic N) is 1. The topological polar surface area (TPSA) is 49.8 Å². The molecule has 0 fully saturated rings. The van der Waals surface area contributed by atoms with E-state index in [-0.39, 0.29) is 0 Å². The normalized spacial score (nSPS) is 9.53. The van der Waals surface area contributed by atoms with Crippen LogP contribution >= 0.6 is 0 Å². The van der Waals surface area contributed by atoms with Gasteiger partial charge in [-0.3, -0.25) is 0 Å². The van der Waals surface area contributed by atoms with E-state index in [1.807, 2.05) is 24.3 Å². The lowest BCUT2D eigenvalue weighted by atomic mass is 10.0. The fourth-order valence-electron chi connectivity index (χ4n) is 1.36. The number of nitrogens with two attached hydrogens (primary N) is 1. The highest BCUT2D eigenvalue weighted by atomic mass is 14.5. The predicted octanol–water partition coefficient (Wildman–Crippen LogP) is 3.06. The summed E-state index contributed by atoms with van der Waals surface area (Å²) in [6.45, 7) is 3.95. The first kappa shape index (κ1) is 11.3. The van der Waals surface area contributed by atoms with Gasteiger partial charge in [0.15, 0.2) is 0 Å². The second-order valence-electron chi connectivity index (χ2n) is 3.65. The Kier molecular flexibility index (Phi) is 4.43. The predicted molar refractivity (Wildman–Crippen MR) is 63.2 cm³/mol. The number of nitrogen functional groups attached to an aromatic ring is 1. The maximum absolute atomic E-state index is 8.43. The van der Waals surface area contributed by atoms with E-state index in [1.165, 1.54) is 5.56 Å². The first-order valence-electron chi connectivity index (χ1n) is 5.10. The Morgan fingerprint density at radius 2 is 1.93 bits per heavy atom. The van der Waals surface area contributed by atoms with Crippen molar-refractivity contribution in [1.82, 2.24) is 0 Å². The Bertz CT molecular complexity index is 357. The highest BCUT2D eigenvalue weighted by Crippen LogP contribution is 2.13. The van der Waals surface area contributed by atoms with E-state index in [0.29, 0.717) is 6.42 Å². The third kappa shape index (κ3) is 4.33. The summed E-state index contributed by atoms with van der Waals surface area (Å²) >= 11 is 0. The Hall–Kier alpha value is -1.75. The minimum Gasteiger partial charge on any atom is -0.399 e. The van der Waals surface area contributed by atoms with Gasteiger partial charge in [-0.1, -0.05) is 24.3 Å². The molecule has 0 radical (unpaired) electrons. The van der Waals surface area contributed by atoms with Crippen molar-refractivity contribution in [2.24, 2.45) is 0 Å². The SMILES string of the molecule is C=C(CCC#N)CCc1ccc(N)cc1. The zero-order valence-electron chi connectivity index (χ0n) is 8.87. The molecule has 0 heterocycles. The maximum atomic E-state index is 8.43. The molecule has 0 aliphatic carbocycles. The van der Waals surface area contributed by atoms with Gasteiger partial charge in [0.2, 0.25) is 0 Å². The second-order valence-corrected chi connectivity index (χ2v) is 3.65. The van der Waals surface area contributed by atoms with E-state index in [9.17, 15) is 0 Å². The summed E-state index contributed by atoms with van der Waals surface area (Å²) in [7, 11) is 0. The first-order valence-corrected chi connectivity index (χ1v) is 5.10. The third-order valence-corrected chi connectivity index (χ3v) is 2.34. The molecule has 1 rings (SSSR count). The minimum absolute atomic E-state index is 0.570. The maximum Gasteiger partial charge on any atom is 0.0625 e. The smallest absolute Gasteiger partial charge is 0.0625 e. The van der Waals surface area contributed by atoms with Gasteiger partial charge in [0, 0.05) is 12.1 Å². The van der Waals surface area contributed by atoms with Gasteiger partial charge in [0.05, 0.1) is 6.07 Å². The van der Waals surface area contributed by atoms with E-state index in [1.54, 1.807) is 0 Å². The van der Waals surface area contributed by atoms with Crippen LogP contribution in [0.15, 0.2) is 36.4 Å². The number of hydrogen-bond donors (Lipinski definition) is 1. The molecular formula is C13H16N2. The van der Waals surface area contributed by atoms with Gasteiger partial charge in [-0.25, -0.2) is 0 Å². The molecule has 0 saturated heterocycles. The molecule has 0 bridgehead atoms. The molecule has 78 valence electrons. The molecule has 0 aliphatic heterocycles. The standard InChI is InChI=1S/C13H16N2/c1-11(3-2-10-14)4-5-12-6-8-13(15)9-7-12/h6-9H,1-5,15H2. The Morgan fingerprint density at radius 1 is 1.27 bits per heavy atom. The number of hydrogen-bond acceptors (Lipinski definition) is 2. The number of rotatable bonds is 5. The average molecular weight is 200 g/mol. The van der Waals surface area contributed by atoms with Crippen molar-refractivity contribution in [1.29, 1.82) is 5.26 Å². The van der Waals surface area contributed by atoms with E-state index < -0.39 is 0 Å². The van der Waals surface area contributed by atoms with Crippen LogP contribution < -0.4 is 5.73 Å². The fraction of sp³-hybridized carbons (Fsp3) is 0.308. The molecule has 2 nitrogen and oxygen atoms in total. The summed E-state index contributed by atoms with van der Waals surface area (Å²) in [6, 6.07) is 10.0. The van der Waals surface area contributed by atoms with Gasteiger partial charge in [-0.2, -0.15) is 5.26 Å². The summed E-state index contributed by atoms with van der Waals surface area (Å²) in [6.07, 6.45) is 3.31. The highest BCUT2D eigenvalue weighted by Gasteiger charge is 1.97. The van der Waals surface area contributed by atoms with Gasteiger partial charge < -0.3 is 5.73 Å². The number of aryl methyl sites for hydroxylation is 1. The Labute approximate surface area is 91.0 Å². The number of anilines is 1. The number of benzene rings is 1. The van der Waals surface area contributed by atoms with Crippen molar-refractivity contribution in [3.8, 4) is 6.07 Å². The average Bonchev–Trinajstić information content (AvgIpc) is 2.25. The largest absolute Gasteiger partial charge is 0.399 e. The summed E-state index contributed by atoms with van der Waals surface area (Å²) < 4.78 is 0. The molecule has 1 aromatic rings. The van der Waals surface area contributed by atoms with Crippen LogP contribution in [-0.2, 0) is 6.42 Å². The minimum atomic E-state index is 0.570. The fourth-order valence-corrected chi connectivity index (χ4v) is 1.36. The van der Waals surface area contributed by atoms with Crippen molar-refractivity contribution in [2.45, 2.75) is 25.7 Å². The lowest BCUT2D eigenvalue weighted by Crippen LogP contribution is -1.90. The van der Waals surface area contributed by atoms with E-state index in [4.69, 9.17) is 11.0 Å². The summed E-state index contributed by atoms with van der Waals surface area (Å²) in [5.41, 5.74) is 8.80. The molecule has 0 aliphatic rings. The van der Waals surface area contributed by atoms with Gasteiger partial charge in [-0.05, 0) is 37.0 Å². The molecule has 0 atom stereocenters. The van der Waals surface area contributed by atoms with Gasteiger partial charge in [0.1, 0.15) is 0 Å². The van der Waals surface area contributed by atoms with E-state index in [0.717, 1.165) is 30.5 Å². The molecule has 0 spiro atoms. The number of nitriles is 1. The molecule has 0 unspecified atom stereocenters. The zero-order chi connectivity index (χ0) is 11.1. The van der Waals surface area contributed by atoms with Crippen LogP contribution in [0.5, 0.6) is 0 Å². The van der Waals surface area contributed by atoms with Crippen molar-refractivity contribution in [3.05, 3.63) is 42.0 Å². The number of allylic oxidation sites excluding steroid dienone is 1. The van der Waals surface area contributed by atoms with Crippen molar-refractivity contribution in [2.75, 3.05) is 5.73 Å². The van der Waals surface area contributed by atoms with Crippen LogP contribution in [0.1, 0.15) is 24.8 Å². The molecule has 1 aromatic carbocycles. The third-order valence-electron chi connectivity index (χ3n) is 2.34. The van der Waals surface area contributed by atoms with Crippen LogP contribution in [-0.4, -0.2) is 0 Å². The van der Waals surface area contributed by atoms with Crippen molar-refractivity contribution < 1.29 is 0 Å². The summed E-state index contributed by atoms with van der Waals surface area (Å²) in [4.78, 5) is 0. The molecule has 0 aromatic heterocycles. The molecule has 15 heavy (non-hydrogen) atoms. The van der Waals surface area contributed by atoms with Crippen LogP contribution in [0.25, 0.3) is 0 Å². The van der Waals surface area contributed by atoms with E-state index in [2.05, 4.69) is 12.6 Å². The molecule has 2 N–H and O–H groups in total. The molecule has 0 saturated carbocycles. The quantitative estimate of drug-likeness (QED) is 0.586. The summed E-state index contributed by atoms with van der Waals surface area (Å²) in [5.74, 6) is 0. The molecule has 0 amide bonds. The highest BCUT2D eigenvalue weighted by molar-refractivity contribution is 5.39. The van der Waals surface area contributed by atoms with Crippen LogP contribution in [0.3, 0.4) is 0 Å². The van der Waals surface area contributed by atoms with Gasteiger partial charge in [0.25, 0.3) is 0 Å². The second kappa shape index (κ2) is 5.87. The monoisotopic (exact) mass is 200 g/mol. The van der Waals surface area contributed by atoms with Crippen molar-refractivity contribution >= 4 is 5.69 Å². The molecular weight excluding hydrogens is 184 g/mol. The zero-order valence-corrected chi connectivity index (χ0v) is 8.87. The van der Waals surface area contributed by atoms with Crippen LogP contribution in [0, 0.1) is 11.3 Å². The Balaban J connectivity index is 2.34. The first-order chi connectivity index (χ1) is 7.22. The van der Waals surface area contributed by atoms with Gasteiger partial charge in [-0.15, -0.1) is 0 Å². The summed E-state index contributed by atoms with van der Waals surface area (Å²) in [5, 5.41) is 8.43. The van der Waals surface area contributed by atoms with Crippen molar-refractivity contribution in [3.63, 3.8) is 0 Å². The Morgan fingerprint density at radius 3 is 2.53 bits per heavy atom. The molecule has 2 heteroatoms. The van der Waals surface area contributed by atoms with Gasteiger partial charge >= 0.3 is 0 Å². The lowest BCUT2D eigenvalue weighted by Gasteiger charge is -2.03.